The van der Waals surface area contributed by atoms with E-state index < -0.39 is 27.7 Å². The Kier molecular flexibility index (Phi) is 15.2. The monoisotopic (exact) mass is 670 g/mol. The summed E-state index contributed by atoms with van der Waals surface area (Å²) in [6.07, 6.45) is 4.44. The van der Waals surface area contributed by atoms with Crippen LogP contribution in [0.3, 0.4) is 0 Å². The van der Waals surface area contributed by atoms with Crippen molar-refractivity contribution in [2.24, 2.45) is 5.73 Å². The normalized spacial score (nSPS) is 13.3. The number of nitrogens with two attached hydrogens (primary N) is 1. The van der Waals surface area contributed by atoms with E-state index >= 15 is 0 Å². The van der Waals surface area contributed by atoms with E-state index in [4.69, 9.17) is 26.0 Å². The molecule has 0 saturated carbocycles. The number of sulfonamides is 1. The van der Waals surface area contributed by atoms with Crippen LogP contribution < -0.4 is 20.1 Å². The number of anilines is 1. The Balaban J connectivity index is 0.00000484. The summed E-state index contributed by atoms with van der Waals surface area (Å²) in [6, 6.07) is 11.4. The summed E-state index contributed by atoms with van der Waals surface area (Å²) < 4.78 is 39.0. The number of rotatable bonds is 12. The first-order chi connectivity index (χ1) is 19.9. The number of piperidine rings is 1. The minimum Gasteiger partial charge on any atom is -0.489 e. The van der Waals surface area contributed by atoms with Gasteiger partial charge in [-0.05, 0) is 43.7 Å². The molecule has 1 saturated heterocycles. The van der Waals surface area contributed by atoms with Crippen molar-refractivity contribution in [2.45, 2.75) is 32.8 Å². The Bertz CT molecular complexity index is 1460. The van der Waals surface area contributed by atoms with Gasteiger partial charge >= 0.3 is 5.97 Å². The fraction of sp³-hybridized carbons (Fsp3) is 0.379. The quantitative estimate of drug-likeness (QED) is 0.151. The Morgan fingerprint density at radius 3 is 2.41 bits per heavy atom. The van der Waals surface area contributed by atoms with Crippen molar-refractivity contribution < 1.29 is 27.5 Å². The predicted molar refractivity (Wildman–Crippen MR) is 177 cm³/mol. The number of hydrogen-bond acceptors (Lipinski definition) is 8. The zero-order valence-corrected chi connectivity index (χ0v) is 27.3. The average molecular weight is 672 g/mol. The van der Waals surface area contributed by atoms with Crippen LogP contribution in [-0.4, -0.2) is 82.0 Å². The van der Waals surface area contributed by atoms with E-state index in [-0.39, 0.29) is 61.2 Å². The molecule has 12 nitrogen and oxygen atoms in total. The van der Waals surface area contributed by atoms with Crippen LogP contribution in [0.4, 0.5) is 5.69 Å². The zero-order valence-electron chi connectivity index (χ0n) is 24.9. The number of carbonyl (C=O) groups excluding carboxylic acids is 2. The van der Waals surface area contributed by atoms with Crippen LogP contribution >= 0.6 is 24.8 Å². The third-order valence-electron chi connectivity index (χ3n) is 6.65. The van der Waals surface area contributed by atoms with Crippen molar-refractivity contribution >= 4 is 70.1 Å². The fourth-order valence-corrected chi connectivity index (χ4v) is 5.77. The van der Waals surface area contributed by atoms with E-state index in [1.807, 2.05) is 4.90 Å². The lowest BCUT2D eigenvalue weighted by Crippen LogP contribution is -2.40. The number of benzene rings is 2. The predicted octanol–water partition coefficient (Wildman–Crippen LogP) is 3.43. The van der Waals surface area contributed by atoms with Gasteiger partial charge in [0, 0.05) is 38.5 Å². The third kappa shape index (κ3) is 10.4. The van der Waals surface area contributed by atoms with Crippen molar-refractivity contribution in [3.63, 3.8) is 0 Å². The Labute approximate surface area is 270 Å². The number of nitrogen functional groups attached to an aromatic ring is 1. The Morgan fingerprint density at radius 2 is 1.82 bits per heavy atom. The van der Waals surface area contributed by atoms with Crippen LogP contribution in [0.1, 0.15) is 48.2 Å². The maximum absolute atomic E-state index is 13.4. The number of ether oxygens (including phenoxy) is 2. The topological polar surface area (TPSA) is 179 Å². The molecule has 5 N–H and O–H groups in total. The van der Waals surface area contributed by atoms with Crippen molar-refractivity contribution in [3.8, 4) is 5.75 Å². The molecule has 15 heteroatoms. The van der Waals surface area contributed by atoms with Gasteiger partial charge in [-0.25, -0.2) is 8.42 Å². The summed E-state index contributed by atoms with van der Waals surface area (Å²) in [5.41, 5.74) is 7.11. The molecule has 0 radical (unpaired) electrons. The summed E-state index contributed by atoms with van der Waals surface area (Å²) in [4.78, 5) is 27.0. The number of amidine groups is 2. The second-order valence-corrected chi connectivity index (χ2v) is 11.6. The molecule has 1 fully saturated rings. The van der Waals surface area contributed by atoms with Gasteiger partial charge in [0.1, 0.15) is 17.7 Å². The second-order valence-electron chi connectivity index (χ2n) is 9.68. The first-order valence-electron chi connectivity index (χ1n) is 13.5. The molecule has 0 bridgehead atoms. The molecular weight excluding hydrogens is 631 g/mol. The minimum atomic E-state index is -4.22. The van der Waals surface area contributed by atoms with Gasteiger partial charge in [-0.3, -0.25) is 24.7 Å². The first-order valence-corrected chi connectivity index (χ1v) is 15.2. The van der Waals surface area contributed by atoms with Crippen LogP contribution in [0.15, 0.2) is 48.5 Å². The summed E-state index contributed by atoms with van der Waals surface area (Å²) in [6.45, 7) is 4.53. The van der Waals surface area contributed by atoms with Gasteiger partial charge in [0.2, 0.25) is 10.0 Å². The number of nitrogens with zero attached hydrogens (tertiary/aromatic N) is 2. The molecule has 3 rings (SSSR count). The molecule has 0 aliphatic carbocycles. The number of halogens is 2. The molecule has 2 aromatic rings. The van der Waals surface area contributed by atoms with Gasteiger partial charge in [0.05, 0.1) is 30.2 Å². The van der Waals surface area contributed by atoms with Gasteiger partial charge in [0.15, 0.2) is 5.75 Å². The molecule has 1 heterocycles. The third-order valence-corrected chi connectivity index (χ3v) is 8.29. The van der Waals surface area contributed by atoms with Gasteiger partial charge < -0.3 is 25.4 Å². The van der Waals surface area contributed by atoms with E-state index in [0.29, 0.717) is 48.6 Å². The first kappa shape index (κ1) is 38.2. The average Bonchev–Trinajstić information content (AvgIpc) is 2.95. The van der Waals surface area contributed by atoms with Crippen molar-refractivity contribution in [3.05, 3.63) is 65.2 Å². The highest BCUT2D eigenvalue weighted by molar-refractivity contribution is 7.93. The van der Waals surface area contributed by atoms with Crippen LogP contribution in [-0.2, 0) is 19.6 Å². The van der Waals surface area contributed by atoms with E-state index in [1.54, 1.807) is 56.3 Å². The lowest BCUT2D eigenvalue weighted by molar-refractivity contribution is -0.139. The maximum atomic E-state index is 13.4. The van der Waals surface area contributed by atoms with E-state index in [2.05, 4.69) is 5.32 Å². The van der Waals surface area contributed by atoms with Gasteiger partial charge in [0.25, 0.3) is 5.91 Å². The lowest BCUT2D eigenvalue weighted by atomic mass is 10.1. The highest BCUT2D eigenvalue weighted by atomic mass is 35.5. The molecule has 0 atom stereocenters. The number of nitrogens with one attached hydrogen (secondary N) is 3. The van der Waals surface area contributed by atoms with Crippen molar-refractivity contribution in [1.82, 2.24) is 10.2 Å². The van der Waals surface area contributed by atoms with E-state index in [9.17, 15) is 18.0 Å². The van der Waals surface area contributed by atoms with Gasteiger partial charge in [-0.2, -0.15) is 0 Å². The van der Waals surface area contributed by atoms with Crippen LogP contribution in [0.5, 0.6) is 5.75 Å². The van der Waals surface area contributed by atoms with Crippen molar-refractivity contribution in [1.29, 1.82) is 10.8 Å². The molecule has 1 aliphatic heterocycles. The highest BCUT2D eigenvalue weighted by Crippen LogP contribution is 2.30. The van der Waals surface area contributed by atoms with Crippen molar-refractivity contribution in [2.75, 3.05) is 43.3 Å². The Morgan fingerprint density at radius 1 is 1.14 bits per heavy atom. The molecule has 44 heavy (non-hydrogen) atoms. The number of carbonyl (C=O) groups is 2. The molecule has 0 aromatic heterocycles. The van der Waals surface area contributed by atoms with E-state index in [1.165, 1.54) is 19.2 Å². The van der Waals surface area contributed by atoms with Crippen LogP contribution in [0, 0.1) is 10.8 Å². The number of amides is 1. The maximum Gasteiger partial charge on any atom is 0.323 e. The van der Waals surface area contributed by atoms with Crippen LogP contribution in [0.2, 0.25) is 0 Å². The van der Waals surface area contributed by atoms with Crippen LogP contribution in [0.25, 0.3) is 6.08 Å². The fourth-order valence-electron chi connectivity index (χ4n) is 4.48. The molecule has 1 aliphatic rings. The van der Waals surface area contributed by atoms with Gasteiger partial charge in [-0.15, -0.1) is 24.8 Å². The smallest absolute Gasteiger partial charge is 0.323 e. The summed E-state index contributed by atoms with van der Waals surface area (Å²) in [7, 11) is -2.75. The molecular formula is C29H40Cl2N6O6S. The number of hydrogen-bond donors (Lipinski definition) is 4. The molecule has 1 amide bonds. The Hall–Kier alpha value is -3.81. The highest BCUT2D eigenvalue weighted by Gasteiger charge is 2.28. The minimum absolute atomic E-state index is 0. The number of likely N-dealkylation sites (tertiary alicyclic amines) is 1. The van der Waals surface area contributed by atoms with E-state index in [0.717, 1.165) is 4.31 Å². The largest absolute Gasteiger partial charge is 0.489 e. The molecule has 0 unspecified atom stereocenters. The summed E-state index contributed by atoms with van der Waals surface area (Å²) in [5.74, 6) is -1.52. The summed E-state index contributed by atoms with van der Waals surface area (Å²) in [5, 5.41) is 18.0. The van der Waals surface area contributed by atoms with Gasteiger partial charge in [-0.1, -0.05) is 30.4 Å². The zero-order chi connectivity index (χ0) is 30.9. The SMILES string of the molecule is CCOC(=O)CS(=O)(=O)N(C/C=C/c1cccc(C(=N)N)c1)c1ccc(OC2CCN(C(C)=N)CC2)c(C(=O)NC)c1.Cl.Cl. The second kappa shape index (κ2) is 17.5. The molecule has 0 spiro atoms. The number of esters is 1. The molecule has 2 aromatic carbocycles. The standard InChI is InChI=1S/C29H38N6O6S.2ClH/c1-4-40-27(36)19-42(38,39)35(14-6-8-21-7-5-9-22(17-21)28(31)32)23-10-11-26(25(18-23)29(37)33-3)41-24-12-15-34(16-13-24)20(2)30;;/h5-11,17-18,24,30H,4,12-16,19H2,1-3H3,(H3,31,32)(H,33,37);2*1H/b8-6+,30-20?;;. The lowest BCUT2D eigenvalue weighted by Gasteiger charge is -2.33. The summed E-state index contributed by atoms with van der Waals surface area (Å²) >= 11 is 0. The molecule has 242 valence electrons.